The lowest BCUT2D eigenvalue weighted by molar-refractivity contribution is -0.121. The topological polar surface area (TPSA) is 80.5 Å². The molecule has 170 valence electrons. The first-order valence-electron chi connectivity index (χ1n) is 11.2. The van der Waals surface area contributed by atoms with E-state index in [0.717, 1.165) is 36.5 Å². The second-order valence-electron chi connectivity index (χ2n) is 7.48. The van der Waals surface area contributed by atoms with Gasteiger partial charge in [-0.05, 0) is 55.4 Å². The van der Waals surface area contributed by atoms with E-state index in [1.807, 2.05) is 43.3 Å². The molecule has 32 heavy (non-hydrogen) atoms. The van der Waals surface area contributed by atoms with Crippen molar-refractivity contribution in [3.8, 4) is 17.1 Å². The summed E-state index contributed by atoms with van der Waals surface area (Å²) in [5, 5.41) is 7.04. The quantitative estimate of drug-likeness (QED) is 0.458. The van der Waals surface area contributed by atoms with E-state index < -0.39 is 0 Å². The van der Waals surface area contributed by atoms with Crippen LogP contribution >= 0.6 is 0 Å². The summed E-state index contributed by atoms with van der Waals surface area (Å²) in [7, 11) is 0. The van der Waals surface area contributed by atoms with Crippen molar-refractivity contribution in [2.75, 3.05) is 19.7 Å². The van der Waals surface area contributed by atoms with Crippen molar-refractivity contribution in [3.05, 3.63) is 65.5 Å². The molecule has 0 aliphatic carbocycles. The van der Waals surface area contributed by atoms with Gasteiger partial charge in [0.15, 0.2) is 0 Å². The van der Waals surface area contributed by atoms with Crippen LogP contribution in [-0.2, 0) is 24.3 Å². The third-order valence-electron chi connectivity index (χ3n) is 5.34. The van der Waals surface area contributed by atoms with E-state index in [-0.39, 0.29) is 5.91 Å². The largest absolute Gasteiger partial charge is 0.494 e. The molecule has 2 aromatic carbocycles. The number of hydrogen-bond acceptors (Lipinski definition) is 6. The van der Waals surface area contributed by atoms with Crippen molar-refractivity contribution in [2.45, 2.75) is 46.7 Å². The Morgan fingerprint density at radius 3 is 2.44 bits per heavy atom. The Hall–Kier alpha value is -3.19. The summed E-state index contributed by atoms with van der Waals surface area (Å²) < 4.78 is 10.8. The third kappa shape index (κ3) is 6.65. The van der Waals surface area contributed by atoms with Gasteiger partial charge in [-0.1, -0.05) is 43.3 Å². The van der Waals surface area contributed by atoms with Gasteiger partial charge in [0.1, 0.15) is 5.75 Å². The van der Waals surface area contributed by atoms with Crippen LogP contribution in [0.15, 0.2) is 53.1 Å². The number of rotatable bonds is 12. The fourth-order valence-corrected chi connectivity index (χ4v) is 3.42. The minimum atomic E-state index is -0.0385. The van der Waals surface area contributed by atoms with Gasteiger partial charge in [0.25, 0.3) is 0 Å². The van der Waals surface area contributed by atoms with Crippen LogP contribution in [0.1, 0.15) is 44.2 Å². The number of ether oxygens (including phenoxy) is 1. The molecule has 0 saturated carbocycles. The third-order valence-corrected chi connectivity index (χ3v) is 5.34. The lowest BCUT2D eigenvalue weighted by Crippen LogP contribution is -2.26. The average Bonchev–Trinajstić information content (AvgIpc) is 3.30. The first-order chi connectivity index (χ1) is 15.6. The maximum Gasteiger partial charge on any atom is 0.227 e. The highest BCUT2D eigenvalue weighted by Gasteiger charge is 2.12. The lowest BCUT2D eigenvalue weighted by atomic mass is 10.1. The van der Waals surface area contributed by atoms with Crippen molar-refractivity contribution in [3.63, 3.8) is 0 Å². The number of amides is 1. The molecule has 3 rings (SSSR count). The summed E-state index contributed by atoms with van der Waals surface area (Å²) in [6.07, 6.45) is 0.695. The molecule has 0 atom stereocenters. The van der Waals surface area contributed by atoms with E-state index in [4.69, 9.17) is 9.26 Å². The van der Waals surface area contributed by atoms with E-state index in [2.05, 4.69) is 46.3 Å². The molecule has 3 aromatic rings. The highest BCUT2D eigenvalue weighted by molar-refractivity contribution is 5.76. The maximum atomic E-state index is 12.4. The van der Waals surface area contributed by atoms with Gasteiger partial charge in [0.05, 0.1) is 6.61 Å². The maximum absolute atomic E-state index is 12.4. The summed E-state index contributed by atoms with van der Waals surface area (Å²) in [4.78, 5) is 19.2. The van der Waals surface area contributed by atoms with E-state index in [0.29, 0.717) is 37.7 Å². The zero-order valence-corrected chi connectivity index (χ0v) is 19.1. The summed E-state index contributed by atoms with van der Waals surface area (Å²) in [5.41, 5.74) is 3.23. The van der Waals surface area contributed by atoms with Crippen molar-refractivity contribution in [1.82, 2.24) is 20.4 Å². The number of benzene rings is 2. The molecule has 0 aliphatic heterocycles. The van der Waals surface area contributed by atoms with Crippen LogP contribution in [0.4, 0.5) is 0 Å². The monoisotopic (exact) mass is 436 g/mol. The van der Waals surface area contributed by atoms with Crippen molar-refractivity contribution in [2.24, 2.45) is 0 Å². The van der Waals surface area contributed by atoms with Gasteiger partial charge in [-0.25, -0.2) is 0 Å². The minimum Gasteiger partial charge on any atom is -0.494 e. The second-order valence-corrected chi connectivity index (χ2v) is 7.48. The molecule has 1 N–H and O–H groups in total. The lowest BCUT2D eigenvalue weighted by Gasteiger charge is -2.20. The molecule has 1 heterocycles. The number of aryl methyl sites for hydroxylation is 1. The van der Waals surface area contributed by atoms with Gasteiger partial charge < -0.3 is 14.6 Å². The first kappa shape index (κ1) is 23.5. The van der Waals surface area contributed by atoms with Gasteiger partial charge in [-0.3, -0.25) is 9.69 Å². The summed E-state index contributed by atoms with van der Waals surface area (Å²) in [6, 6.07) is 15.8. The van der Waals surface area contributed by atoms with Gasteiger partial charge in [0, 0.05) is 31.5 Å². The molecule has 0 unspecified atom stereocenters. The number of nitrogens with one attached hydrogen (secondary N) is 1. The zero-order valence-electron chi connectivity index (χ0n) is 19.1. The predicted octanol–water partition coefficient (Wildman–Crippen LogP) is 4.23. The van der Waals surface area contributed by atoms with E-state index in [1.54, 1.807) is 0 Å². The fourth-order valence-electron chi connectivity index (χ4n) is 3.42. The molecule has 0 bridgehead atoms. The van der Waals surface area contributed by atoms with Crippen LogP contribution in [0.25, 0.3) is 11.4 Å². The normalized spacial score (nSPS) is 11.0. The van der Waals surface area contributed by atoms with Crippen LogP contribution in [-0.4, -0.2) is 40.6 Å². The minimum absolute atomic E-state index is 0.0385. The molecule has 1 amide bonds. The summed E-state index contributed by atoms with van der Waals surface area (Å²) in [5.74, 6) is 1.72. The summed E-state index contributed by atoms with van der Waals surface area (Å²) >= 11 is 0. The van der Waals surface area contributed by atoms with Crippen LogP contribution in [0.3, 0.4) is 0 Å². The second kappa shape index (κ2) is 12.0. The SMILES string of the molecule is CCOc1ccc(-c2noc(CCC(=O)NCc3ccccc3CN(CC)CC)n2)cc1. The Balaban J connectivity index is 1.50. The van der Waals surface area contributed by atoms with Gasteiger partial charge in [0.2, 0.25) is 17.6 Å². The smallest absolute Gasteiger partial charge is 0.227 e. The van der Waals surface area contributed by atoms with Crippen molar-refractivity contribution in [1.29, 1.82) is 0 Å². The highest BCUT2D eigenvalue weighted by Crippen LogP contribution is 2.20. The van der Waals surface area contributed by atoms with Gasteiger partial charge in [-0.2, -0.15) is 4.98 Å². The molecular formula is C25H32N4O3. The van der Waals surface area contributed by atoms with Crippen LogP contribution in [0.5, 0.6) is 5.75 Å². The Morgan fingerprint density at radius 2 is 1.75 bits per heavy atom. The van der Waals surface area contributed by atoms with Gasteiger partial charge >= 0.3 is 0 Å². The fraction of sp³-hybridized carbons (Fsp3) is 0.400. The number of hydrogen-bond donors (Lipinski definition) is 1. The number of aromatic nitrogens is 2. The van der Waals surface area contributed by atoms with E-state index in [9.17, 15) is 4.79 Å². The summed E-state index contributed by atoms with van der Waals surface area (Å²) in [6.45, 7) is 10.3. The number of carbonyl (C=O) groups is 1. The van der Waals surface area contributed by atoms with Crippen LogP contribution < -0.4 is 10.1 Å². The molecule has 0 radical (unpaired) electrons. The van der Waals surface area contributed by atoms with E-state index >= 15 is 0 Å². The Kier molecular flexibility index (Phi) is 8.80. The Labute approximate surface area is 189 Å². The molecule has 0 spiro atoms. The van der Waals surface area contributed by atoms with Crippen LogP contribution in [0.2, 0.25) is 0 Å². The predicted molar refractivity (Wildman–Crippen MR) is 124 cm³/mol. The molecule has 7 nitrogen and oxygen atoms in total. The van der Waals surface area contributed by atoms with E-state index in [1.165, 1.54) is 5.56 Å². The van der Waals surface area contributed by atoms with Crippen molar-refractivity contribution < 1.29 is 14.1 Å². The first-order valence-corrected chi connectivity index (χ1v) is 11.2. The Morgan fingerprint density at radius 1 is 1.03 bits per heavy atom. The molecule has 7 heteroatoms. The standard InChI is InChI=1S/C25H32N4O3/c1-4-29(5-2)18-21-10-8-7-9-20(21)17-26-23(30)15-16-24-27-25(28-32-24)19-11-13-22(14-12-19)31-6-3/h7-14H,4-6,15-18H2,1-3H3,(H,26,30). The molecule has 0 aliphatic rings. The number of carbonyl (C=O) groups excluding carboxylic acids is 1. The molecule has 0 fully saturated rings. The molecule has 1 aromatic heterocycles. The zero-order chi connectivity index (χ0) is 22.8. The van der Waals surface area contributed by atoms with Crippen LogP contribution in [0, 0.1) is 0 Å². The molecular weight excluding hydrogens is 404 g/mol. The van der Waals surface area contributed by atoms with Crippen molar-refractivity contribution >= 4 is 5.91 Å². The average molecular weight is 437 g/mol. The Bertz CT molecular complexity index is 981. The molecule has 0 saturated heterocycles. The van der Waals surface area contributed by atoms with Gasteiger partial charge in [-0.15, -0.1) is 0 Å². The highest BCUT2D eigenvalue weighted by atomic mass is 16.5. The number of nitrogens with zero attached hydrogens (tertiary/aromatic N) is 3.